The highest BCUT2D eigenvalue weighted by Crippen LogP contribution is 2.25. The molecule has 0 N–H and O–H groups in total. The van der Waals surface area contributed by atoms with Crippen LogP contribution in [0.3, 0.4) is 0 Å². The highest BCUT2D eigenvalue weighted by molar-refractivity contribution is 7.98. The molecule has 5 aromatic rings. The molecule has 0 aliphatic heterocycles. The quantitative estimate of drug-likeness (QED) is 0.273. The van der Waals surface area contributed by atoms with E-state index in [-0.39, 0.29) is 17.1 Å². The third-order valence-corrected chi connectivity index (χ3v) is 6.02. The first-order valence-electron chi connectivity index (χ1n) is 10.2. The van der Waals surface area contributed by atoms with Gasteiger partial charge in [0, 0.05) is 11.8 Å². The van der Waals surface area contributed by atoms with Crippen molar-refractivity contribution in [1.82, 2.24) is 24.7 Å². The molecule has 7 nitrogen and oxygen atoms in total. The van der Waals surface area contributed by atoms with Crippen molar-refractivity contribution in [3.05, 3.63) is 94.0 Å². The Labute approximate surface area is 192 Å². The van der Waals surface area contributed by atoms with Crippen molar-refractivity contribution in [2.24, 2.45) is 0 Å². The normalized spacial score (nSPS) is 11.2. The Morgan fingerprint density at radius 3 is 2.73 bits per heavy atom. The molecule has 164 valence electrons. The summed E-state index contributed by atoms with van der Waals surface area (Å²) >= 11 is 1.29. The first kappa shape index (κ1) is 21.0. The Morgan fingerprint density at radius 1 is 1.06 bits per heavy atom. The van der Waals surface area contributed by atoms with Gasteiger partial charge in [0.15, 0.2) is 5.16 Å². The molecule has 0 amide bonds. The number of fused-ring (bicyclic) bond motifs is 1. The van der Waals surface area contributed by atoms with Crippen molar-refractivity contribution in [2.45, 2.75) is 24.8 Å². The fourth-order valence-corrected chi connectivity index (χ4v) is 4.18. The van der Waals surface area contributed by atoms with E-state index < -0.39 is 0 Å². The lowest BCUT2D eigenvalue weighted by atomic mass is 10.1. The van der Waals surface area contributed by atoms with Crippen molar-refractivity contribution in [3.8, 4) is 17.2 Å². The third-order valence-electron chi connectivity index (χ3n) is 5.10. The van der Waals surface area contributed by atoms with E-state index in [4.69, 9.17) is 4.52 Å². The molecular formula is C24H18FN5O2S. The molecule has 9 heteroatoms. The van der Waals surface area contributed by atoms with Gasteiger partial charge in [-0.3, -0.25) is 4.79 Å². The minimum absolute atomic E-state index is 0.206. The zero-order valence-electron chi connectivity index (χ0n) is 17.8. The Kier molecular flexibility index (Phi) is 5.47. The summed E-state index contributed by atoms with van der Waals surface area (Å²) in [5.74, 6) is 1.07. The van der Waals surface area contributed by atoms with Gasteiger partial charge in [-0.25, -0.2) is 18.9 Å². The number of halogens is 1. The Balaban J connectivity index is 1.50. The predicted octanol–water partition coefficient (Wildman–Crippen LogP) is 4.88. The maximum Gasteiger partial charge on any atom is 0.267 e. The number of hydrogen-bond donors (Lipinski definition) is 0. The smallest absolute Gasteiger partial charge is 0.267 e. The van der Waals surface area contributed by atoms with Crippen LogP contribution in [0.4, 0.5) is 4.39 Å². The fourth-order valence-electron chi connectivity index (χ4n) is 3.34. The van der Waals surface area contributed by atoms with E-state index in [0.717, 1.165) is 5.56 Å². The van der Waals surface area contributed by atoms with Crippen LogP contribution in [-0.4, -0.2) is 24.7 Å². The average molecular weight is 460 g/mol. The number of aryl methyl sites for hydroxylation is 2. The molecule has 0 fully saturated rings. The molecule has 0 radical (unpaired) electrons. The van der Waals surface area contributed by atoms with E-state index in [9.17, 15) is 9.18 Å². The number of nitrogens with zero attached hydrogens (tertiary/aromatic N) is 5. The molecule has 0 saturated heterocycles. The zero-order chi connectivity index (χ0) is 22.9. The van der Waals surface area contributed by atoms with E-state index in [1.54, 1.807) is 43.5 Å². The summed E-state index contributed by atoms with van der Waals surface area (Å²) in [6.07, 6.45) is 1.66. The van der Waals surface area contributed by atoms with Gasteiger partial charge in [0.1, 0.15) is 11.6 Å². The summed E-state index contributed by atoms with van der Waals surface area (Å²) in [6.45, 7) is 3.63. The van der Waals surface area contributed by atoms with E-state index >= 15 is 0 Å². The van der Waals surface area contributed by atoms with Crippen LogP contribution in [0.25, 0.3) is 28.1 Å². The number of thioether (sulfide) groups is 1. The standard InChI is InChI=1S/C24H18FN5O2S/c1-14-9-10-26-20(11-14)30-23(31)17-5-3-4-6-19(17)27-24(30)33-13-21-28-22(29-32-21)16-8-7-15(2)18(25)12-16/h3-12H,13H2,1-2H3. The largest absolute Gasteiger partial charge is 0.338 e. The first-order chi connectivity index (χ1) is 16.0. The van der Waals surface area contributed by atoms with Gasteiger partial charge in [-0.15, -0.1) is 0 Å². The van der Waals surface area contributed by atoms with E-state index in [0.29, 0.717) is 44.7 Å². The van der Waals surface area contributed by atoms with Crippen LogP contribution in [0.5, 0.6) is 0 Å². The number of pyridine rings is 1. The lowest BCUT2D eigenvalue weighted by Gasteiger charge is -2.12. The molecule has 0 spiro atoms. The van der Waals surface area contributed by atoms with Crippen LogP contribution >= 0.6 is 11.8 Å². The van der Waals surface area contributed by atoms with Gasteiger partial charge in [-0.05, 0) is 55.3 Å². The number of benzene rings is 2. The van der Waals surface area contributed by atoms with Gasteiger partial charge in [0.2, 0.25) is 11.7 Å². The van der Waals surface area contributed by atoms with Crippen LogP contribution in [0, 0.1) is 19.7 Å². The number of rotatable bonds is 5. The summed E-state index contributed by atoms with van der Waals surface area (Å²) in [5, 5.41) is 4.92. The van der Waals surface area contributed by atoms with E-state index in [2.05, 4.69) is 20.1 Å². The monoisotopic (exact) mass is 459 g/mol. The average Bonchev–Trinajstić information content (AvgIpc) is 3.29. The Bertz CT molecular complexity index is 1550. The van der Waals surface area contributed by atoms with Crippen LogP contribution in [0.1, 0.15) is 17.0 Å². The van der Waals surface area contributed by atoms with Crippen molar-refractivity contribution in [2.75, 3.05) is 0 Å². The summed E-state index contributed by atoms with van der Waals surface area (Å²) in [7, 11) is 0. The third kappa shape index (κ3) is 4.14. The highest BCUT2D eigenvalue weighted by atomic mass is 32.2. The van der Waals surface area contributed by atoms with Crippen LogP contribution in [0.15, 0.2) is 75.3 Å². The van der Waals surface area contributed by atoms with Crippen molar-refractivity contribution < 1.29 is 8.91 Å². The number of para-hydroxylation sites is 1. The van der Waals surface area contributed by atoms with Gasteiger partial charge < -0.3 is 4.52 Å². The van der Waals surface area contributed by atoms with Gasteiger partial charge in [0.05, 0.1) is 16.7 Å². The molecule has 0 unspecified atom stereocenters. The molecule has 0 aliphatic rings. The molecule has 0 atom stereocenters. The van der Waals surface area contributed by atoms with Crippen LogP contribution < -0.4 is 5.56 Å². The van der Waals surface area contributed by atoms with Crippen molar-refractivity contribution in [3.63, 3.8) is 0 Å². The summed E-state index contributed by atoms with van der Waals surface area (Å²) < 4.78 is 20.8. The fraction of sp³-hybridized carbons (Fsp3) is 0.125. The van der Waals surface area contributed by atoms with Gasteiger partial charge in [0.25, 0.3) is 5.56 Å². The Hall–Kier alpha value is -3.85. The molecule has 0 saturated carbocycles. The summed E-state index contributed by atoms with van der Waals surface area (Å²) in [6, 6.07) is 15.7. The number of hydrogen-bond acceptors (Lipinski definition) is 7. The van der Waals surface area contributed by atoms with Crippen molar-refractivity contribution >= 4 is 22.7 Å². The van der Waals surface area contributed by atoms with Gasteiger partial charge in [-0.1, -0.05) is 41.2 Å². The van der Waals surface area contributed by atoms with Gasteiger partial charge in [-0.2, -0.15) is 4.98 Å². The maximum absolute atomic E-state index is 13.9. The second-order valence-corrected chi connectivity index (χ2v) is 8.45. The van der Waals surface area contributed by atoms with E-state index in [1.165, 1.54) is 22.4 Å². The highest BCUT2D eigenvalue weighted by Gasteiger charge is 2.17. The molecular weight excluding hydrogens is 441 g/mol. The minimum atomic E-state index is -0.330. The summed E-state index contributed by atoms with van der Waals surface area (Å²) in [5.41, 5.74) is 2.44. The van der Waals surface area contributed by atoms with Crippen LogP contribution in [-0.2, 0) is 5.75 Å². The lowest BCUT2D eigenvalue weighted by Crippen LogP contribution is -2.22. The van der Waals surface area contributed by atoms with Crippen molar-refractivity contribution in [1.29, 1.82) is 0 Å². The molecule has 0 aliphatic carbocycles. The SMILES string of the molecule is Cc1ccnc(-n2c(SCc3nc(-c4ccc(C)c(F)c4)no3)nc3ccccc3c2=O)c1. The Morgan fingerprint density at radius 2 is 1.91 bits per heavy atom. The predicted molar refractivity (Wildman–Crippen MR) is 124 cm³/mol. The van der Waals surface area contributed by atoms with Crippen LogP contribution in [0.2, 0.25) is 0 Å². The van der Waals surface area contributed by atoms with Gasteiger partial charge >= 0.3 is 0 Å². The minimum Gasteiger partial charge on any atom is -0.338 e. The molecule has 3 heterocycles. The lowest BCUT2D eigenvalue weighted by molar-refractivity contribution is 0.391. The topological polar surface area (TPSA) is 86.7 Å². The first-order valence-corrected chi connectivity index (χ1v) is 11.1. The number of aromatic nitrogens is 5. The second-order valence-electron chi connectivity index (χ2n) is 7.51. The summed E-state index contributed by atoms with van der Waals surface area (Å²) in [4.78, 5) is 26.7. The molecule has 2 aromatic carbocycles. The molecule has 0 bridgehead atoms. The zero-order valence-corrected chi connectivity index (χ0v) is 18.6. The maximum atomic E-state index is 13.9. The molecule has 33 heavy (non-hydrogen) atoms. The second kappa shape index (κ2) is 8.59. The molecule has 5 rings (SSSR count). The molecule has 3 aromatic heterocycles. The van der Waals surface area contributed by atoms with E-state index in [1.807, 2.05) is 25.1 Å².